The molecule has 2 aromatic rings. The zero-order valence-corrected chi connectivity index (χ0v) is 14.4. The number of carbonyl (C=O) groups is 1. The monoisotopic (exact) mass is 358 g/mol. The summed E-state index contributed by atoms with van der Waals surface area (Å²) < 4.78 is 1.57. The number of piperidine rings is 1. The Labute approximate surface area is 147 Å². The first-order valence-corrected chi connectivity index (χ1v) is 7.01. The number of aromatic nitrogens is 4. The molecule has 0 aromatic carbocycles. The first-order chi connectivity index (χ1) is 10.2. The van der Waals surface area contributed by atoms with Crippen molar-refractivity contribution in [1.82, 2.24) is 25.1 Å². The molecule has 1 unspecified atom stereocenters. The molecular formula is C14H20Cl2N6O. The van der Waals surface area contributed by atoms with Crippen molar-refractivity contribution in [2.45, 2.75) is 19.8 Å². The van der Waals surface area contributed by atoms with Gasteiger partial charge in [-0.1, -0.05) is 0 Å². The summed E-state index contributed by atoms with van der Waals surface area (Å²) >= 11 is 0. The van der Waals surface area contributed by atoms with Crippen LogP contribution in [0.15, 0.2) is 31.0 Å². The third kappa shape index (κ3) is 4.40. The number of pyridine rings is 1. The van der Waals surface area contributed by atoms with Gasteiger partial charge in [-0.3, -0.25) is 4.79 Å². The van der Waals surface area contributed by atoms with E-state index in [0.717, 1.165) is 19.4 Å². The molecule has 2 aromatic heterocycles. The minimum atomic E-state index is -0.358. The number of carbonyl (C=O) groups excluding carboxylic acids is 1. The highest BCUT2D eigenvalue weighted by molar-refractivity contribution is 5.95. The molecule has 23 heavy (non-hydrogen) atoms. The Bertz CT molecular complexity index is 611. The van der Waals surface area contributed by atoms with Crippen molar-refractivity contribution in [3.63, 3.8) is 0 Å². The van der Waals surface area contributed by atoms with Gasteiger partial charge in [0.2, 0.25) is 5.91 Å². The molecule has 1 fully saturated rings. The maximum Gasteiger partial charge on any atom is 0.231 e. The van der Waals surface area contributed by atoms with Crippen LogP contribution in [0.25, 0.3) is 5.82 Å². The fraction of sp³-hybridized carbons (Fsp3) is 0.429. The SMILES string of the molecule is CC1(C(=O)Nc2ccc(-n3cncn3)nc2)CCCNC1.Cl.Cl. The number of nitrogens with zero attached hydrogens (tertiary/aromatic N) is 4. The summed E-state index contributed by atoms with van der Waals surface area (Å²) in [4.78, 5) is 20.5. The Kier molecular flexibility index (Phi) is 6.93. The number of anilines is 1. The minimum absolute atomic E-state index is 0. The second-order valence-corrected chi connectivity index (χ2v) is 5.54. The van der Waals surface area contributed by atoms with Crippen molar-refractivity contribution in [2.24, 2.45) is 5.41 Å². The maximum atomic E-state index is 12.4. The van der Waals surface area contributed by atoms with E-state index in [1.807, 2.05) is 13.0 Å². The van der Waals surface area contributed by atoms with Crippen molar-refractivity contribution < 1.29 is 4.79 Å². The second kappa shape index (κ2) is 8.24. The van der Waals surface area contributed by atoms with Gasteiger partial charge in [0, 0.05) is 6.54 Å². The Hall–Kier alpha value is -1.70. The van der Waals surface area contributed by atoms with Crippen molar-refractivity contribution >= 4 is 36.4 Å². The number of rotatable bonds is 3. The van der Waals surface area contributed by atoms with Gasteiger partial charge in [-0.25, -0.2) is 14.6 Å². The molecule has 3 rings (SSSR count). The largest absolute Gasteiger partial charge is 0.324 e. The predicted molar refractivity (Wildman–Crippen MR) is 92.5 cm³/mol. The topological polar surface area (TPSA) is 84.7 Å². The summed E-state index contributed by atoms with van der Waals surface area (Å²) in [6.45, 7) is 3.69. The first-order valence-electron chi connectivity index (χ1n) is 7.01. The van der Waals surface area contributed by atoms with Gasteiger partial charge in [-0.05, 0) is 38.4 Å². The average Bonchev–Trinajstić information content (AvgIpc) is 3.03. The van der Waals surface area contributed by atoms with Crippen LogP contribution in [0, 0.1) is 5.41 Å². The quantitative estimate of drug-likeness (QED) is 0.874. The molecule has 3 heterocycles. The van der Waals surface area contributed by atoms with Crippen molar-refractivity contribution in [3.8, 4) is 5.82 Å². The zero-order valence-electron chi connectivity index (χ0n) is 12.7. The van der Waals surface area contributed by atoms with E-state index in [1.165, 1.54) is 6.33 Å². The second-order valence-electron chi connectivity index (χ2n) is 5.54. The highest BCUT2D eigenvalue weighted by Crippen LogP contribution is 2.27. The molecule has 0 radical (unpaired) electrons. The number of hydrogen-bond acceptors (Lipinski definition) is 5. The van der Waals surface area contributed by atoms with Crippen molar-refractivity contribution in [1.29, 1.82) is 0 Å². The van der Waals surface area contributed by atoms with Gasteiger partial charge in [-0.15, -0.1) is 24.8 Å². The fourth-order valence-corrected chi connectivity index (χ4v) is 2.45. The van der Waals surface area contributed by atoms with Crippen LogP contribution in [0.3, 0.4) is 0 Å². The van der Waals surface area contributed by atoms with E-state index in [1.54, 1.807) is 23.3 Å². The molecule has 0 spiro atoms. The normalized spacial score (nSPS) is 20.0. The summed E-state index contributed by atoms with van der Waals surface area (Å²) in [5.74, 6) is 0.695. The van der Waals surface area contributed by atoms with E-state index in [0.29, 0.717) is 18.1 Å². The number of nitrogens with one attached hydrogen (secondary N) is 2. The maximum absolute atomic E-state index is 12.4. The minimum Gasteiger partial charge on any atom is -0.324 e. The molecule has 2 N–H and O–H groups in total. The van der Waals surface area contributed by atoms with Crippen LogP contribution < -0.4 is 10.6 Å². The molecule has 7 nitrogen and oxygen atoms in total. The van der Waals surface area contributed by atoms with Gasteiger partial charge in [0.1, 0.15) is 12.7 Å². The fourth-order valence-electron chi connectivity index (χ4n) is 2.45. The molecule has 0 aliphatic carbocycles. The molecule has 1 amide bonds. The number of hydrogen-bond donors (Lipinski definition) is 2. The van der Waals surface area contributed by atoms with Gasteiger partial charge in [0.25, 0.3) is 0 Å². The number of halogens is 2. The molecule has 1 atom stereocenters. The highest BCUT2D eigenvalue weighted by Gasteiger charge is 2.34. The highest BCUT2D eigenvalue weighted by atomic mass is 35.5. The smallest absolute Gasteiger partial charge is 0.231 e. The van der Waals surface area contributed by atoms with Crippen LogP contribution in [0.5, 0.6) is 0 Å². The molecular weight excluding hydrogens is 339 g/mol. The summed E-state index contributed by atoms with van der Waals surface area (Å²) in [5.41, 5.74) is 0.332. The van der Waals surface area contributed by atoms with Crippen LogP contribution in [0.2, 0.25) is 0 Å². The van der Waals surface area contributed by atoms with Crippen LogP contribution in [0.1, 0.15) is 19.8 Å². The van der Waals surface area contributed by atoms with Gasteiger partial charge >= 0.3 is 0 Å². The molecule has 126 valence electrons. The Morgan fingerprint density at radius 3 is 2.78 bits per heavy atom. The Morgan fingerprint density at radius 2 is 2.22 bits per heavy atom. The third-order valence-electron chi connectivity index (χ3n) is 3.80. The third-order valence-corrected chi connectivity index (χ3v) is 3.80. The predicted octanol–water partition coefficient (Wildman–Crippen LogP) is 1.83. The van der Waals surface area contributed by atoms with E-state index >= 15 is 0 Å². The molecule has 1 aliphatic rings. The summed E-state index contributed by atoms with van der Waals surface area (Å²) in [7, 11) is 0. The van der Waals surface area contributed by atoms with Crippen molar-refractivity contribution in [3.05, 3.63) is 31.0 Å². The van der Waals surface area contributed by atoms with Gasteiger partial charge in [-0.2, -0.15) is 5.10 Å². The lowest BCUT2D eigenvalue weighted by Gasteiger charge is -2.32. The lowest BCUT2D eigenvalue weighted by molar-refractivity contribution is -0.125. The Morgan fingerprint density at radius 1 is 1.39 bits per heavy atom. The van der Waals surface area contributed by atoms with Crippen LogP contribution in [-0.4, -0.2) is 38.7 Å². The molecule has 9 heteroatoms. The van der Waals surface area contributed by atoms with E-state index in [2.05, 4.69) is 25.7 Å². The molecule has 0 saturated carbocycles. The summed E-state index contributed by atoms with van der Waals surface area (Å²) in [6.07, 6.45) is 6.59. The van der Waals surface area contributed by atoms with E-state index in [-0.39, 0.29) is 36.1 Å². The summed E-state index contributed by atoms with van der Waals surface area (Å²) in [5, 5.41) is 10.2. The van der Waals surface area contributed by atoms with E-state index in [9.17, 15) is 4.79 Å². The van der Waals surface area contributed by atoms with Crippen LogP contribution in [0.4, 0.5) is 5.69 Å². The van der Waals surface area contributed by atoms with E-state index in [4.69, 9.17) is 0 Å². The average molecular weight is 359 g/mol. The first kappa shape index (κ1) is 19.3. The van der Waals surface area contributed by atoms with Crippen LogP contribution >= 0.6 is 24.8 Å². The summed E-state index contributed by atoms with van der Waals surface area (Å²) in [6, 6.07) is 3.62. The van der Waals surface area contributed by atoms with Gasteiger partial charge < -0.3 is 10.6 Å². The lowest BCUT2D eigenvalue weighted by Crippen LogP contribution is -2.46. The Balaban J connectivity index is 0.00000132. The van der Waals surface area contributed by atoms with Gasteiger partial charge in [0.15, 0.2) is 5.82 Å². The zero-order chi connectivity index (χ0) is 14.7. The molecule has 1 saturated heterocycles. The number of amides is 1. The molecule has 1 aliphatic heterocycles. The lowest BCUT2D eigenvalue weighted by atomic mass is 9.82. The molecule has 0 bridgehead atoms. The van der Waals surface area contributed by atoms with E-state index < -0.39 is 0 Å². The van der Waals surface area contributed by atoms with Crippen molar-refractivity contribution in [2.75, 3.05) is 18.4 Å². The van der Waals surface area contributed by atoms with Gasteiger partial charge in [0.05, 0.1) is 17.3 Å². The van der Waals surface area contributed by atoms with Crippen LogP contribution in [-0.2, 0) is 4.79 Å². The standard InChI is InChI=1S/C14H18N6O.2ClH/c1-14(5-2-6-15-8-14)13(21)19-11-3-4-12(17-7-11)20-10-16-9-18-20;;/h3-4,7,9-10,15H,2,5-6,8H2,1H3,(H,19,21);2*1H.